The minimum absolute atomic E-state index is 0. The molecule has 0 saturated carbocycles. The van der Waals surface area contributed by atoms with Gasteiger partial charge in [0, 0.05) is 39.1 Å². The number of aromatic nitrogens is 1. The van der Waals surface area contributed by atoms with Gasteiger partial charge in [-0.05, 0) is 0 Å². The summed E-state index contributed by atoms with van der Waals surface area (Å²) in [7, 11) is 0. The van der Waals surface area contributed by atoms with Crippen LogP contribution in [0.1, 0.15) is 11.3 Å². The van der Waals surface area contributed by atoms with Gasteiger partial charge in [-0.1, -0.05) is 18.8 Å². The first-order valence-electron chi connectivity index (χ1n) is 3.03. The summed E-state index contributed by atoms with van der Waals surface area (Å²) in [6.07, 6.45) is 2.09. The molecule has 0 aliphatic heterocycles. The van der Waals surface area contributed by atoms with Gasteiger partial charge in [0.15, 0.2) is 0 Å². The molecule has 0 fully saturated rings. The van der Waals surface area contributed by atoms with Crippen LogP contribution in [0.15, 0.2) is 12.3 Å². The smallest absolute Gasteiger partial charge is 0.0557 e. The topological polar surface area (TPSA) is 36.7 Å². The molecule has 0 bridgehead atoms. The normalized spacial score (nSPS) is 8.00. The van der Waals surface area contributed by atoms with Gasteiger partial charge in [0.2, 0.25) is 0 Å². The third-order valence-corrected chi connectivity index (χ3v) is 1.15. The zero-order valence-corrected chi connectivity index (χ0v) is 9.17. The number of aryl methyl sites for hydroxylation is 1. The van der Waals surface area contributed by atoms with E-state index in [1.54, 1.807) is 12.3 Å². The average Bonchev–Trinajstić information content (AvgIpc) is 1.95. The molecule has 0 aliphatic rings. The van der Waals surface area contributed by atoms with E-state index in [9.17, 15) is 0 Å². The molecule has 1 heterocycles. The second kappa shape index (κ2) is 5.40. The van der Waals surface area contributed by atoms with Gasteiger partial charge >= 0.3 is 0 Å². The molecule has 1 aromatic heterocycles. The van der Waals surface area contributed by atoms with E-state index in [1.165, 1.54) is 0 Å². The van der Waals surface area contributed by atoms with Crippen LogP contribution in [-0.4, -0.2) is 4.98 Å². The van der Waals surface area contributed by atoms with Crippen LogP contribution < -0.4 is 0 Å². The zero-order chi connectivity index (χ0) is 7.40. The number of pyridine rings is 1. The Kier molecular flexibility index (Phi) is 5.28. The second-order valence-corrected chi connectivity index (χ2v) is 2.06. The van der Waals surface area contributed by atoms with E-state index in [-0.39, 0.29) is 32.7 Å². The van der Waals surface area contributed by atoms with Crippen molar-refractivity contribution < 1.29 is 32.7 Å². The van der Waals surface area contributed by atoms with Crippen molar-refractivity contribution in [1.82, 2.24) is 4.98 Å². The predicted octanol–water partition coefficient (Wildman–Crippen LogP) is 1.25. The molecule has 0 atom stereocenters. The molecule has 1 rings (SSSR count). The van der Waals surface area contributed by atoms with Gasteiger partial charge in [-0.3, -0.25) is 0 Å². The Morgan fingerprint density at radius 2 is 2.45 bits per heavy atom. The fourth-order valence-corrected chi connectivity index (χ4v) is 0.629. The molecule has 0 aromatic carbocycles. The summed E-state index contributed by atoms with van der Waals surface area (Å²) in [5.74, 6) is 0. The Labute approximate surface area is 91.5 Å². The van der Waals surface area contributed by atoms with Crippen molar-refractivity contribution in [1.29, 1.82) is 5.26 Å². The molecule has 1 aromatic rings. The minimum atomic E-state index is 0. The van der Waals surface area contributed by atoms with E-state index in [4.69, 9.17) is 5.26 Å². The fraction of sp³-hybridized carbons (Fsp3) is 0.250. The van der Waals surface area contributed by atoms with E-state index >= 15 is 0 Å². The Morgan fingerprint density at radius 1 is 1.73 bits per heavy atom. The number of nitriles is 1. The molecule has 0 unspecified atom stereocenters. The molecule has 53 valence electrons. The van der Waals surface area contributed by atoms with Crippen LogP contribution in [0.4, 0.5) is 0 Å². The van der Waals surface area contributed by atoms with Crippen LogP contribution in [0.25, 0.3) is 0 Å². The van der Waals surface area contributed by atoms with Gasteiger partial charge in [0.05, 0.1) is 6.07 Å². The van der Waals surface area contributed by atoms with Crippen LogP contribution in [0.2, 0.25) is 0 Å². The Bertz CT molecular complexity index is 248. The van der Waals surface area contributed by atoms with Gasteiger partial charge < -0.3 is 4.98 Å². The first-order valence-corrected chi connectivity index (χ1v) is 3.03. The number of hydrogen-bond acceptors (Lipinski definition) is 2. The van der Waals surface area contributed by atoms with Crippen LogP contribution in [0.5, 0.6) is 0 Å². The maximum Gasteiger partial charge on any atom is 0.0557 e. The van der Waals surface area contributed by atoms with Crippen molar-refractivity contribution in [2.45, 2.75) is 13.3 Å². The van der Waals surface area contributed by atoms with E-state index in [2.05, 4.69) is 11.1 Å². The monoisotopic (exact) mass is 220 g/mol. The van der Waals surface area contributed by atoms with E-state index in [1.807, 2.05) is 13.0 Å². The molecule has 0 amide bonds. The molecule has 3 heteroatoms. The first kappa shape index (κ1) is 10.7. The summed E-state index contributed by atoms with van der Waals surface area (Å²) in [6, 6.07) is 6.74. The van der Waals surface area contributed by atoms with Crippen LogP contribution >= 0.6 is 0 Å². The Balaban J connectivity index is 0.000001000. The van der Waals surface area contributed by atoms with Crippen molar-refractivity contribution in [3.8, 4) is 6.07 Å². The maximum absolute atomic E-state index is 8.29. The molecule has 0 N–H and O–H groups in total. The third-order valence-electron chi connectivity index (χ3n) is 1.15. The van der Waals surface area contributed by atoms with Crippen LogP contribution in [0.3, 0.4) is 0 Å². The average molecular weight is 220 g/mol. The van der Waals surface area contributed by atoms with Crippen molar-refractivity contribution in [2.24, 2.45) is 0 Å². The largest absolute Gasteiger partial charge is 0.386 e. The summed E-state index contributed by atoms with van der Waals surface area (Å²) < 4.78 is 0. The number of hydrogen-bond donors (Lipinski definition) is 0. The van der Waals surface area contributed by atoms with Crippen molar-refractivity contribution in [2.75, 3.05) is 0 Å². The molecular weight excluding hydrogens is 213 g/mol. The summed E-state index contributed by atoms with van der Waals surface area (Å²) in [6.45, 7) is 1.92. The summed E-state index contributed by atoms with van der Waals surface area (Å²) in [5, 5.41) is 8.29. The van der Waals surface area contributed by atoms with Crippen LogP contribution in [0, 0.1) is 24.3 Å². The van der Waals surface area contributed by atoms with E-state index in [0.29, 0.717) is 6.42 Å². The maximum atomic E-state index is 8.29. The van der Waals surface area contributed by atoms with Gasteiger partial charge in [0.25, 0.3) is 0 Å². The predicted molar refractivity (Wildman–Crippen MR) is 37.1 cm³/mol. The van der Waals surface area contributed by atoms with Crippen molar-refractivity contribution >= 4 is 0 Å². The SMILES string of the molecule is Cc1[c-]cc(CC#N)nc1.[Y]. The van der Waals surface area contributed by atoms with Gasteiger partial charge in [-0.25, -0.2) is 0 Å². The van der Waals surface area contributed by atoms with Gasteiger partial charge in [-0.2, -0.15) is 17.4 Å². The fourth-order valence-electron chi connectivity index (χ4n) is 0.629. The summed E-state index contributed by atoms with van der Waals surface area (Å²) >= 11 is 0. The first-order chi connectivity index (χ1) is 4.83. The molecule has 1 radical (unpaired) electrons. The molecule has 0 spiro atoms. The second-order valence-electron chi connectivity index (χ2n) is 2.06. The molecular formula is C8H7N2Y-. The van der Waals surface area contributed by atoms with Crippen molar-refractivity contribution in [3.63, 3.8) is 0 Å². The molecule has 11 heavy (non-hydrogen) atoms. The Hall–Kier alpha value is -0.256. The zero-order valence-electron chi connectivity index (χ0n) is 6.33. The van der Waals surface area contributed by atoms with Gasteiger partial charge in [-0.15, -0.1) is 5.56 Å². The third kappa shape index (κ3) is 3.60. The molecule has 0 aliphatic carbocycles. The summed E-state index contributed by atoms with van der Waals surface area (Å²) in [4.78, 5) is 4.01. The van der Waals surface area contributed by atoms with Crippen molar-refractivity contribution in [3.05, 3.63) is 29.6 Å². The molecule has 0 saturated heterocycles. The van der Waals surface area contributed by atoms with E-state index < -0.39 is 0 Å². The molecule has 2 nitrogen and oxygen atoms in total. The van der Waals surface area contributed by atoms with Gasteiger partial charge in [0.1, 0.15) is 0 Å². The standard InChI is InChI=1S/C8H7N2.Y/c1-7-2-3-8(4-5-9)10-6-7;/h3,6H,4H2,1H3;/q-1;. The van der Waals surface area contributed by atoms with E-state index in [0.717, 1.165) is 11.3 Å². The number of rotatable bonds is 1. The Morgan fingerprint density at radius 3 is 2.91 bits per heavy atom. The summed E-state index contributed by atoms with van der Waals surface area (Å²) in [5.41, 5.74) is 1.79. The minimum Gasteiger partial charge on any atom is -0.386 e. The van der Waals surface area contributed by atoms with Crippen LogP contribution in [-0.2, 0) is 39.1 Å². The quantitative estimate of drug-likeness (QED) is 0.668. The number of nitrogens with zero attached hydrogens (tertiary/aromatic N) is 2.